The highest BCUT2D eigenvalue weighted by Crippen LogP contribution is 2.12. The molecule has 0 aliphatic carbocycles. The second kappa shape index (κ2) is 7.53. The summed E-state index contributed by atoms with van der Waals surface area (Å²) in [6, 6.07) is 9.72. The van der Waals surface area contributed by atoms with Gasteiger partial charge in [-0.3, -0.25) is 4.79 Å². The molecule has 0 fully saturated rings. The number of amides is 1. The molecule has 1 aromatic heterocycles. The van der Waals surface area contributed by atoms with Crippen molar-refractivity contribution in [3.05, 3.63) is 53.9 Å². The monoisotopic (exact) mass is 285 g/mol. The molecule has 4 nitrogen and oxygen atoms in total. The Morgan fingerprint density at radius 1 is 1.24 bits per heavy atom. The Morgan fingerprint density at radius 2 is 2.10 bits per heavy atom. The fourth-order valence-electron chi connectivity index (χ4n) is 2.11. The summed E-state index contributed by atoms with van der Waals surface area (Å²) < 4.78 is 2.14. The van der Waals surface area contributed by atoms with E-state index in [9.17, 15) is 4.79 Å². The van der Waals surface area contributed by atoms with Gasteiger partial charge in [-0.05, 0) is 43.2 Å². The summed E-state index contributed by atoms with van der Waals surface area (Å²) in [6.07, 6.45) is 5.15. The number of hydrogen-bond acceptors (Lipinski definition) is 2. The van der Waals surface area contributed by atoms with E-state index in [4.69, 9.17) is 0 Å². The molecule has 2 N–H and O–H groups in total. The summed E-state index contributed by atoms with van der Waals surface area (Å²) >= 11 is 0. The van der Waals surface area contributed by atoms with Gasteiger partial charge in [-0.1, -0.05) is 13.0 Å². The summed E-state index contributed by atoms with van der Waals surface area (Å²) in [5, 5.41) is 6.25. The Hall–Kier alpha value is -2.23. The highest BCUT2D eigenvalue weighted by molar-refractivity contribution is 5.95. The van der Waals surface area contributed by atoms with Crippen LogP contribution >= 0.6 is 0 Å². The lowest BCUT2D eigenvalue weighted by Gasteiger charge is -2.08. The van der Waals surface area contributed by atoms with Crippen molar-refractivity contribution in [1.82, 2.24) is 9.88 Å². The van der Waals surface area contributed by atoms with Gasteiger partial charge in [-0.15, -0.1) is 0 Å². The third-order valence-electron chi connectivity index (χ3n) is 3.33. The highest BCUT2D eigenvalue weighted by Gasteiger charge is 2.05. The maximum atomic E-state index is 11.9. The van der Waals surface area contributed by atoms with Gasteiger partial charge in [0.15, 0.2) is 0 Å². The molecule has 112 valence electrons. The van der Waals surface area contributed by atoms with Gasteiger partial charge in [0.1, 0.15) is 0 Å². The van der Waals surface area contributed by atoms with Crippen LogP contribution in [0.25, 0.3) is 0 Å². The van der Waals surface area contributed by atoms with Crippen molar-refractivity contribution in [2.24, 2.45) is 0 Å². The quantitative estimate of drug-likeness (QED) is 0.820. The zero-order chi connectivity index (χ0) is 15.1. The largest absolute Gasteiger partial charge is 0.381 e. The molecule has 0 spiro atoms. The van der Waals surface area contributed by atoms with E-state index in [1.807, 2.05) is 31.2 Å². The second-order valence-electron chi connectivity index (χ2n) is 5.04. The molecule has 0 radical (unpaired) electrons. The van der Waals surface area contributed by atoms with E-state index in [2.05, 4.69) is 40.6 Å². The maximum absolute atomic E-state index is 11.9. The van der Waals surface area contributed by atoms with Crippen molar-refractivity contribution in [3.8, 4) is 0 Å². The van der Waals surface area contributed by atoms with E-state index in [1.54, 1.807) is 0 Å². The zero-order valence-electron chi connectivity index (χ0n) is 12.7. The number of anilines is 1. The fourth-order valence-corrected chi connectivity index (χ4v) is 2.11. The lowest BCUT2D eigenvalue weighted by molar-refractivity contribution is 0.0953. The molecular weight excluding hydrogens is 262 g/mol. The molecule has 2 aromatic rings. The van der Waals surface area contributed by atoms with Crippen molar-refractivity contribution in [2.45, 2.75) is 33.4 Å². The van der Waals surface area contributed by atoms with Crippen molar-refractivity contribution in [2.75, 3.05) is 11.9 Å². The maximum Gasteiger partial charge on any atom is 0.251 e. The molecule has 4 heteroatoms. The molecular formula is C17H23N3O. The summed E-state index contributed by atoms with van der Waals surface area (Å²) in [6.45, 7) is 6.61. The summed E-state index contributed by atoms with van der Waals surface area (Å²) in [5.41, 5.74) is 2.89. The number of carbonyl (C=O) groups is 1. The van der Waals surface area contributed by atoms with Crippen LogP contribution in [-0.4, -0.2) is 17.0 Å². The van der Waals surface area contributed by atoms with E-state index in [0.29, 0.717) is 12.1 Å². The average molecular weight is 285 g/mol. The normalized spacial score (nSPS) is 10.4. The van der Waals surface area contributed by atoms with Gasteiger partial charge in [0.25, 0.3) is 5.91 Å². The van der Waals surface area contributed by atoms with Crippen molar-refractivity contribution in [3.63, 3.8) is 0 Å². The first-order valence-electron chi connectivity index (χ1n) is 7.49. The molecule has 0 aliphatic heterocycles. The number of nitrogens with zero attached hydrogens (tertiary/aromatic N) is 1. The molecule has 2 rings (SSSR count). The van der Waals surface area contributed by atoms with Crippen LogP contribution in [-0.2, 0) is 13.1 Å². The third-order valence-corrected chi connectivity index (χ3v) is 3.33. The Bertz CT molecular complexity index is 589. The van der Waals surface area contributed by atoms with Crippen LogP contribution in [0, 0.1) is 0 Å². The van der Waals surface area contributed by atoms with Gasteiger partial charge in [0.05, 0.1) is 0 Å². The minimum atomic E-state index is -0.0161. The summed E-state index contributed by atoms with van der Waals surface area (Å²) in [7, 11) is 0. The average Bonchev–Trinajstić information content (AvgIpc) is 2.99. The Labute approximate surface area is 126 Å². The van der Waals surface area contributed by atoms with Crippen LogP contribution in [0.15, 0.2) is 42.7 Å². The number of hydrogen-bond donors (Lipinski definition) is 2. The number of carbonyl (C=O) groups excluding carboxylic acids is 1. The van der Waals surface area contributed by atoms with Crippen LogP contribution in [0.1, 0.15) is 36.2 Å². The molecule has 0 saturated heterocycles. The Morgan fingerprint density at radius 3 is 2.81 bits per heavy atom. The van der Waals surface area contributed by atoms with Crippen LogP contribution in [0.3, 0.4) is 0 Å². The molecule has 0 unspecified atom stereocenters. The van der Waals surface area contributed by atoms with Gasteiger partial charge >= 0.3 is 0 Å². The van der Waals surface area contributed by atoms with Crippen molar-refractivity contribution in [1.29, 1.82) is 0 Å². The van der Waals surface area contributed by atoms with Crippen molar-refractivity contribution >= 4 is 11.6 Å². The number of benzene rings is 1. The SMILES string of the molecule is CCCNC(=O)c1cccc(NCc2ccn(CC)c2)c1. The molecule has 1 heterocycles. The van der Waals surface area contributed by atoms with Crippen LogP contribution in [0.2, 0.25) is 0 Å². The van der Waals surface area contributed by atoms with Gasteiger partial charge < -0.3 is 15.2 Å². The molecule has 0 saturated carbocycles. The minimum Gasteiger partial charge on any atom is -0.381 e. The first-order chi connectivity index (χ1) is 10.2. The lowest BCUT2D eigenvalue weighted by Crippen LogP contribution is -2.23. The predicted octanol–water partition coefficient (Wildman–Crippen LogP) is 3.26. The van der Waals surface area contributed by atoms with Gasteiger partial charge in [-0.25, -0.2) is 0 Å². The Kier molecular flexibility index (Phi) is 5.43. The molecule has 21 heavy (non-hydrogen) atoms. The van der Waals surface area contributed by atoms with Crippen LogP contribution in [0.4, 0.5) is 5.69 Å². The van der Waals surface area contributed by atoms with Gasteiger partial charge in [0.2, 0.25) is 0 Å². The lowest BCUT2D eigenvalue weighted by atomic mass is 10.2. The van der Waals surface area contributed by atoms with E-state index < -0.39 is 0 Å². The number of aryl methyl sites for hydroxylation is 1. The molecule has 1 amide bonds. The second-order valence-corrected chi connectivity index (χ2v) is 5.04. The van der Waals surface area contributed by atoms with Crippen molar-refractivity contribution < 1.29 is 4.79 Å². The zero-order valence-corrected chi connectivity index (χ0v) is 12.7. The number of nitrogens with one attached hydrogen (secondary N) is 2. The molecule has 0 bridgehead atoms. The van der Waals surface area contributed by atoms with E-state index >= 15 is 0 Å². The van der Waals surface area contributed by atoms with Gasteiger partial charge in [-0.2, -0.15) is 0 Å². The van der Waals surface area contributed by atoms with Gasteiger partial charge in [0, 0.05) is 43.3 Å². The number of rotatable bonds is 7. The van der Waals surface area contributed by atoms with E-state index in [-0.39, 0.29) is 5.91 Å². The first kappa shape index (κ1) is 15.2. The standard InChI is InChI=1S/C17H23N3O/c1-3-9-18-17(21)15-6-5-7-16(11-15)19-12-14-8-10-20(4-2)13-14/h5-8,10-11,13,19H,3-4,9,12H2,1-2H3,(H,18,21). The third kappa shape index (κ3) is 4.38. The van der Waals surface area contributed by atoms with Crippen LogP contribution < -0.4 is 10.6 Å². The highest BCUT2D eigenvalue weighted by atomic mass is 16.1. The minimum absolute atomic E-state index is 0.0161. The fraction of sp³-hybridized carbons (Fsp3) is 0.353. The summed E-state index contributed by atoms with van der Waals surface area (Å²) in [4.78, 5) is 11.9. The first-order valence-corrected chi connectivity index (χ1v) is 7.49. The summed E-state index contributed by atoms with van der Waals surface area (Å²) in [5.74, 6) is -0.0161. The molecule has 0 aliphatic rings. The Balaban J connectivity index is 1.95. The number of aromatic nitrogens is 1. The van der Waals surface area contributed by atoms with E-state index in [0.717, 1.165) is 25.2 Å². The van der Waals surface area contributed by atoms with E-state index in [1.165, 1.54) is 5.56 Å². The smallest absolute Gasteiger partial charge is 0.251 e. The topological polar surface area (TPSA) is 46.1 Å². The molecule has 0 atom stereocenters. The van der Waals surface area contributed by atoms with Crippen LogP contribution in [0.5, 0.6) is 0 Å². The predicted molar refractivity (Wildman–Crippen MR) is 86.5 cm³/mol. The molecule has 1 aromatic carbocycles.